The second-order valence-electron chi connectivity index (χ2n) is 4.10. The summed E-state index contributed by atoms with van der Waals surface area (Å²) in [7, 11) is 0. The van der Waals surface area contributed by atoms with Gasteiger partial charge in [0.1, 0.15) is 0 Å². The quantitative estimate of drug-likeness (QED) is 0.833. The molecule has 0 radical (unpaired) electrons. The lowest BCUT2D eigenvalue weighted by Gasteiger charge is -2.07. The molecule has 0 spiro atoms. The van der Waals surface area contributed by atoms with Crippen LogP contribution in [0.5, 0.6) is 0 Å². The van der Waals surface area contributed by atoms with Gasteiger partial charge in [0.15, 0.2) is 0 Å². The van der Waals surface area contributed by atoms with Gasteiger partial charge >= 0.3 is 5.97 Å². The highest BCUT2D eigenvalue weighted by molar-refractivity contribution is 7.99. The Hall–Kier alpha value is -0.970. The molecule has 1 N–H and O–H groups in total. The number of carboxylic acids is 1. The van der Waals surface area contributed by atoms with Crippen LogP contribution in [0.2, 0.25) is 0 Å². The molecule has 16 heavy (non-hydrogen) atoms. The molecule has 0 amide bonds. The van der Waals surface area contributed by atoms with E-state index in [1.165, 1.54) is 0 Å². The Morgan fingerprint density at radius 1 is 1.56 bits per heavy atom. The summed E-state index contributed by atoms with van der Waals surface area (Å²) in [5.41, 5.74) is 1.01. The summed E-state index contributed by atoms with van der Waals surface area (Å²) >= 11 is 1.63. The predicted octanol–water partition coefficient (Wildman–Crippen LogP) is 2.56. The minimum atomic E-state index is -0.743. The fourth-order valence-corrected chi connectivity index (χ4v) is 2.14. The van der Waals surface area contributed by atoms with E-state index in [0.29, 0.717) is 6.04 Å². The number of carbonyl (C=O) groups is 1. The van der Waals surface area contributed by atoms with Crippen LogP contribution in [0.4, 0.5) is 0 Å². The van der Waals surface area contributed by atoms with Crippen LogP contribution in [0.3, 0.4) is 0 Å². The molecule has 0 bridgehead atoms. The number of hydrogen-bond donors (Lipinski definition) is 1. The average Bonchev–Trinajstić information content (AvgIpc) is 2.61. The van der Waals surface area contributed by atoms with E-state index in [2.05, 4.69) is 18.9 Å². The second kappa shape index (κ2) is 5.94. The van der Waals surface area contributed by atoms with Crippen molar-refractivity contribution in [2.75, 3.05) is 0 Å². The van der Waals surface area contributed by atoms with Crippen LogP contribution in [-0.4, -0.2) is 26.1 Å². The molecule has 0 saturated heterocycles. The lowest BCUT2D eigenvalue weighted by Crippen LogP contribution is -2.06. The molecule has 0 aliphatic heterocycles. The van der Waals surface area contributed by atoms with Crippen molar-refractivity contribution >= 4 is 17.7 Å². The van der Waals surface area contributed by atoms with Crippen molar-refractivity contribution in [3.63, 3.8) is 0 Å². The number of rotatable bonds is 6. The topological polar surface area (TPSA) is 55.1 Å². The molecule has 1 heterocycles. The van der Waals surface area contributed by atoms with Crippen LogP contribution < -0.4 is 0 Å². The summed E-state index contributed by atoms with van der Waals surface area (Å²) in [4.78, 5) is 10.5. The number of nitrogens with zero attached hydrogens (tertiary/aromatic N) is 2. The van der Waals surface area contributed by atoms with Crippen LogP contribution >= 0.6 is 11.8 Å². The van der Waals surface area contributed by atoms with Crippen molar-refractivity contribution < 1.29 is 9.90 Å². The smallest absolute Gasteiger partial charge is 0.304 e. The molecular weight excluding hydrogens is 224 g/mol. The van der Waals surface area contributed by atoms with Gasteiger partial charge in [0.05, 0.1) is 12.1 Å². The largest absolute Gasteiger partial charge is 0.481 e. The van der Waals surface area contributed by atoms with Gasteiger partial charge in [0.2, 0.25) is 0 Å². The maximum absolute atomic E-state index is 10.5. The Labute approximate surface area is 100 Å². The van der Waals surface area contributed by atoms with E-state index in [1.807, 2.05) is 23.9 Å². The Kier molecular flexibility index (Phi) is 4.86. The van der Waals surface area contributed by atoms with E-state index < -0.39 is 5.97 Å². The summed E-state index contributed by atoms with van der Waals surface area (Å²) in [5, 5.41) is 13.2. The minimum Gasteiger partial charge on any atom is -0.481 e. The van der Waals surface area contributed by atoms with Crippen molar-refractivity contribution in [2.24, 2.45) is 0 Å². The van der Waals surface area contributed by atoms with Gasteiger partial charge in [0, 0.05) is 23.2 Å². The first-order valence-corrected chi connectivity index (χ1v) is 6.41. The molecule has 1 rings (SSSR count). The van der Waals surface area contributed by atoms with Crippen molar-refractivity contribution in [1.29, 1.82) is 0 Å². The van der Waals surface area contributed by atoms with E-state index in [4.69, 9.17) is 5.11 Å². The Morgan fingerprint density at radius 2 is 2.25 bits per heavy atom. The van der Waals surface area contributed by atoms with Gasteiger partial charge < -0.3 is 5.11 Å². The fraction of sp³-hybridized carbons (Fsp3) is 0.636. The number of carboxylic acid groups (broad SMARTS) is 1. The molecule has 0 aliphatic carbocycles. The highest BCUT2D eigenvalue weighted by Crippen LogP contribution is 2.19. The average molecular weight is 242 g/mol. The van der Waals surface area contributed by atoms with Gasteiger partial charge in [0.25, 0.3) is 0 Å². The third-order valence-electron chi connectivity index (χ3n) is 2.17. The minimum absolute atomic E-state index is 0.127. The highest BCUT2D eigenvalue weighted by atomic mass is 32.2. The molecule has 1 atom stereocenters. The van der Waals surface area contributed by atoms with Gasteiger partial charge in [-0.1, -0.05) is 6.92 Å². The van der Waals surface area contributed by atoms with Crippen molar-refractivity contribution in [3.05, 3.63) is 18.0 Å². The lowest BCUT2D eigenvalue weighted by molar-refractivity contribution is -0.136. The van der Waals surface area contributed by atoms with Crippen LogP contribution in [0, 0.1) is 0 Å². The molecule has 0 saturated carbocycles. The van der Waals surface area contributed by atoms with Crippen LogP contribution in [0.1, 0.15) is 38.9 Å². The van der Waals surface area contributed by atoms with Gasteiger partial charge in [-0.2, -0.15) is 16.9 Å². The van der Waals surface area contributed by atoms with E-state index in [0.717, 1.165) is 11.4 Å². The van der Waals surface area contributed by atoms with E-state index in [9.17, 15) is 4.79 Å². The molecule has 0 aromatic carbocycles. The molecule has 1 unspecified atom stereocenters. The summed E-state index contributed by atoms with van der Waals surface area (Å²) in [6, 6.07) is 2.36. The second-order valence-corrected chi connectivity index (χ2v) is 5.53. The molecular formula is C11H18N2O2S. The maximum atomic E-state index is 10.5. The van der Waals surface area contributed by atoms with Gasteiger partial charge in [-0.3, -0.25) is 9.48 Å². The van der Waals surface area contributed by atoms with E-state index in [1.54, 1.807) is 11.8 Å². The van der Waals surface area contributed by atoms with Crippen molar-refractivity contribution in [3.8, 4) is 0 Å². The number of thioether (sulfide) groups is 1. The summed E-state index contributed by atoms with van der Waals surface area (Å²) in [6.07, 6.45) is 2.16. The normalized spacial score (nSPS) is 13.0. The van der Waals surface area contributed by atoms with Gasteiger partial charge in [-0.15, -0.1) is 0 Å². The van der Waals surface area contributed by atoms with Crippen LogP contribution in [0.25, 0.3) is 0 Å². The predicted molar refractivity (Wildman–Crippen MR) is 65.6 cm³/mol. The van der Waals surface area contributed by atoms with Crippen molar-refractivity contribution in [2.45, 2.75) is 44.2 Å². The van der Waals surface area contributed by atoms with Gasteiger partial charge in [-0.05, 0) is 19.9 Å². The molecule has 0 aliphatic rings. The first-order valence-electron chi connectivity index (χ1n) is 5.36. The summed E-state index contributed by atoms with van der Waals surface area (Å²) < 4.78 is 1.91. The Bertz CT molecular complexity index is 350. The lowest BCUT2D eigenvalue weighted by atomic mass is 10.3. The third kappa shape index (κ3) is 4.26. The SMILES string of the molecule is CC(CC(=O)O)SCc1ccn(C(C)C)n1. The molecule has 0 fully saturated rings. The zero-order valence-electron chi connectivity index (χ0n) is 9.88. The van der Waals surface area contributed by atoms with E-state index >= 15 is 0 Å². The standard InChI is InChI=1S/C11H18N2O2S/c1-8(2)13-5-4-10(12-13)7-16-9(3)6-11(14)15/h4-5,8-9H,6-7H2,1-3H3,(H,14,15). The molecule has 1 aromatic heterocycles. The Morgan fingerprint density at radius 3 is 2.75 bits per heavy atom. The van der Waals surface area contributed by atoms with Gasteiger partial charge in [-0.25, -0.2) is 0 Å². The number of hydrogen-bond acceptors (Lipinski definition) is 3. The van der Waals surface area contributed by atoms with Crippen molar-refractivity contribution in [1.82, 2.24) is 9.78 Å². The molecule has 90 valence electrons. The highest BCUT2D eigenvalue weighted by Gasteiger charge is 2.09. The number of aliphatic carboxylic acids is 1. The zero-order chi connectivity index (χ0) is 12.1. The third-order valence-corrected chi connectivity index (χ3v) is 3.37. The molecule has 5 heteroatoms. The zero-order valence-corrected chi connectivity index (χ0v) is 10.7. The monoisotopic (exact) mass is 242 g/mol. The summed E-state index contributed by atoms with van der Waals surface area (Å²) in [6.45, 7) is 6.09. The van der Waals surface area contributed by atoms with Crippen LogP contribution in [-0.2, 0) is 10.5 Å². The van der Waals surface area contributed by atoms with Crippen LogP contribution in [0.15, 0.2) is 12.3 Å². The molecule has 4 nitrogen and oxygen atoms in total. The fourth-order valence-electron chi connectivity index (χ4n) is 1.27. The molecule has 1 aromatic rings. The maximum Gasteiger partial charge on any atom is 0.304 e. The Balaban J connectivity index is 2.39. The first-order chi connectivity index (χ1) is 7.49. The number of aromatic nitrogens is 2. The summed E-state index contributed by atoms with van der Waals surface area (Å²) in [5.74, 6) is 0.0291. The first kappa shape index (κ1) is 13.1. The van der Waals surface area contributed by atoms with E-state index in [-0.39, 0.29) is 11.7 Å².